The molecule has 1 aromatic heterocycles. The molecule has 1 aliphatic heterocycles. The third kappa shape index (κ3) is 11.8. The Kier molecular flexibility index (Phi) is 14.7. The zero-order valence-corrected chi connectivity index (χ0v) is 32.1. The van der Waals surface area contributed by atoms with Crippen LogP contribution in [0.15, 0.2) is 121 Å². The van der Waals surface area contributed by atoms with Crippen LogP contribution in [0, 0.1) is 0 Å². The number of amides is 2. The van der Waals surface area contributed by atoms with Crippen molar-refractivity contribution in [2.24, 2.45) is 0 Å². The zero-order chi connectivity index (χ0) is 39.1. The Labute approximate surface area is 330 Å². The lowest BCUT2D eigenvalue weighted by Crippen LogP contribution is -2.38. The summed E-state index contributed by atoms with van der Waals surface area (Å²) in [4.78, 5) is 31.8. The number of nitrogen functional groups attached to an aromatic ring is 1. The number of unbranched alkanes of at least 4 members (excludes halogenated alkanes) is 2. The van der Waals surface area contributed by atoms with Crippen molar-refractivity contribution in [1.29, 1.82) is 0 Å². The van der Waals surface area contributed by atoms with E-state index < -0.39 is 6.29 Å². The van der Waals surface area contributed by atoms with Gasteiger partial charge in [0.25, 0.3) is 0 Å². The van der Waals surface area contributed by atoms with Gasteiger partial charge in [0.15, 0.2) is 6.29 Å². The van der Waals surface area contributed by atoms with Crippen LogP contribution in [0.3, 0.4) is 0 Å². The topological polar surface area (TPSA) is 139 Å². The number of rotatable bonds is 18. The van der Waals surface area contributed by atoms with Gasteiger partial charge in [-0.1, -0.05) is 97.4 Å². The van der Waals surface area contributed by atoms with Crippen molar-refractivity contribution in [2.75, 3.05) is 31.2 Å². The van der Waals surface area contributed by atoms with Gasteiger partial charge in [0.1, 0.15) is 0 Å². The van der Waals surface area contributed by atoms with Crippen LogP contribution in [0.5, 0.6) is 0 Å². The van der Waals surface area contributed by atoms with E-state index in [0.717, 1.165) is 65.0 Å². The molecule has 5 aromatic rings. The smallest absolute Gasteiger partial charge is 0.224 e. The minimum atomic E-state index is -0.555. The van der Waals surface area contributed by atoms with Crippen molar-refractivity contribution < 1.29 is 24.2 Å². The Bertz CT molecular complexity index is 1990. The van der Waals surface area contributed by atoms with Gasteiger partial charge >= 0.3 is 0 Å². The Balaban J connectivity index is 1.03. The normalized spacial score (nSPS) is 16.7. The second-order valence-corrected chi connectivity index (χ2v) is 14.4. The number of ether oxygens (including phenoxy) is 2. The number of aliphatic hydroxyl groups is 1. The number of aromatic nitrogens is 1. The number of aliphatic hydroxyl groups excluding tert-OH is 1. The molecule has 2 heterocycles. The predicted octanol–water partition coefficient (Wildman–Crippen LogP) is 7.75. The number of carbonyl (C=O) groups excluding carboxylic acids is 2. The largest absolute Gasteiger partial charge is 0.397 e. The Morgan fingerprint density at radius 2 is 1.54 bits per heavy atom. The Hall–Kier alpha value is -5.39. The van der Waals surface area contributed by atoms with Gasteiger partial charge in [-0.3, -0.25) is 14.6 Å². The molecule has 292 valence electrons. The summed E-state index contributed by atoms with van der Waals surface area (Å²) >= 11 is 0. The summed E-state index contributed by atoms with van der Waals surface area (Å²) in [6.07, 6.45) is 5.58. The first kappa shape index (κ1) is 40.3. The highest BCUT2D eigenvalue weighted by Crippen LogP contribution is 2.39. The van der Waals surface area contributed by atoms with Crippen LogP contribution >= 0.6 is 0 Å². The van der Waals surface area contributed by atoms with Crippen LogP contribution in [0.4, 0.5) is 11.4 Å². The lowest BCUT2D eigenvalue weighted by molar-refractivity contribution is -0.252. The molecule has 0 aliphatic carbocycles. The number of anilines is 2. The molecule has 4 aromatic carbocycles. The number of para-hydroxylation sites is 2. The third-order valence-electron chi connectivity index (χ3n) is 10.1. The van der Waals surface area contributed by atoms with Crippen molar-refractivity contribution in [3.8, 4) is 11.1 Å². The van der Waals surface area contributed by atoms with Gasteiger partial charge < -0.3 is 35.8 Å². The minimum absolute atomic E-state index is 0.00135. The molecule has 0 spiro atoms. The number of nitrogens with one attached hydrogen (secondary N) is 2. The maximum atomic E-state index is 12.8. The molecule has 6 rings (SSSR count). The highest BCUT2D eigenvalue weighted by atomic mass is 16.7. The molecule has 0 saturated carbocycles. The van der Waals surface area contributed by atoms with Crippen LogP contribution in [-0.2, 0) is 38.6 Å². The number of hydrogen-bond donors (Lipinski definition) is 4. The molecule has 3 atom stereocenters. The second-order valence-electron chi connectivity index (χ2n) is 14.4. The fourth-order valence-electron chi connectivity index (χ4n) is 6.95. The summed E-state index contributed by atoms with van der Waals surface area (Å²) in [5.74, 6) is -0.0915. The van der Waals surface area contributed by atoms with Crippen LogP contribution in [-0.4, -0.2) is 53.0 Å². The van der Waals surface area contributed by atoms with Crippen molar-refractivity contribution in [3.05, 3.63) is 149 Å². The average Bonchev–Trinajstić information content (AvgIpc) is 3.23. The van der Waals surface area contributed by atoms with E-state index in [1.807, 2.05) is 72.9 Å². The molecule has 10 heteroatoms. The van der Waals surface area contributed by atoms with E-state index in [-0.39, 0.29) is 30.6 Å². The van der Waals surface area contributed by atoms with E-state index in [0.29, 0.717) is 50.0 Å². The molecule has 3 unspecified atom stereocenters. The summed E-state index contributed by atoms with van der Waals surface area (Å²) in [6, 6.07) is 37.5. The maximum absolute atomic E-state index is 12.8. The van der Waals surface area contributed by atoms with E-state index in [4.69, 9.17) is 15.2 Å². The van der Waals surface area contributed by atoms with Crippen molar-refractivity contribution in [3.63, 3.8) is 0 Å². The fourth-order valence-corrected chi connectivity index (χ4v) is 6.95. The first-order chi connectivity index (χ1) is 27.3. The number of benzene rings is 4. The molecule has 0 radical (unpaired) electrons. The molecule has 5 N–H and O–H groups in total. The van der Waals surface area contributed by atoms with Crippen LogP contribution < -0.4 is 16.4 Å². The highest BCUT2D eigenvalue weighted by molar-refractivity contribution is 5.93. The van der Waals surface area contributed by atoms with Crippen molar-refractivity contribution in [2.45, 2.75) is 76.6 Å². The van der Waals surface area contributed by atoms with E-state index in [1.54, 1.807) is 12.1 Å². The molecule has 1 aliphatic rings. The van der Waals surface area contributed by atoms with Crippen molar-refractivity contribution in [1.82, 2.24) is 15.2 Å². The van der Waals surface area contributed by atoms with E-state index in [9.17, 15) is 14.7 Å². The molecular weight excluding hydrogens is 703 g/mol. The average molecular weight is 756 g/mol. The van der Waals surface area contributed by atoms with Gasteiger partial charge in [-0.2, -0.15) is 0 Å². The second kappa shape index (κ2) is 20.5. The summed E-state index contributed by atoms with van der Waals surface area (Å²) in [5, 5.41) is 15.5. The van der Waals surface area contributed by atoms with Gasteiger partial charge in [-0.25, -0.2) is 0 Å². The molecule has 1 saturated heterocycles. The number of carbonyl (C=O) groups is 2. The Morgan fingerprint density at radius 1 is 0.821 bits per heavy atom. The summed E-state index contributed by atoms with van der Waals surface area (Å²) < 4.78 is 13.2. The van der Waals surface area contributed by atoms with Gasteiger partial charge in [0, 0.05) is 62.8 Å². The number of nitrogens with two attached hydrogens (primary N) is 1. The van der Waals surface area contributed by atoms with Gasteiger partial charge in [-0.05, 0) is 72.0 Å². The van der Waals surface area contributed by atoms with Gasteiger partial charge in [0.2, 0.25) is 11.8 Å². The summed E-state index contributed by atoms with van der Waals surface area (Å²) in [5.41, 5.74) is 14.1. The van der Waals surface area contributed by atoms with Crippen LogP contribution in [0.1, 0.15) is 78.9 Å². The summed E-state index contributed by atoms with van der Waals surface area (Å²) in [6.45, 7) is 2.02. The number of nitrogens with zero attached hydrogens (tertiary/aromatic N) is 2. The standard InChI is InChI=1S/C46H53N5O5/c1-51(28-26-38-12-9-10-27-48-38)31-39-29-43(35-20-18-33(32-52)19-21-35)56-46(55-39)36-24-22-34(23-25-36)40-13-6-5-11-37(40)30-49-44(53)16-3-2-4-17-45(54)50-42-15-8-7-14-41(42)47/h5-15,18-25,27,39,43,46,52H,2-4,16-17,26,28-32,47H2,1H3,(H,49,53)(H,50,54). The number of likely N-dealkylation sites (N-methyl/N-ethyl adjacent to an activating group) is 1. The fraction of sp³-hybridized carbons (Fsp3) is 0.326. The zero-order valence-electron chi connectivity index (χ0n) is 32.1. The Morgan fingerprint density at radius 3 is 2.29 bits per heavy atom. The highest BCUT2D eigenvalue weighted by Gasteiger charge is 2.33. The minimum Gasteiger partial charge on any atom is -0.397 e. The van der Waals surface area contributed by atoms with Crippen LogP contribution in [0.25, 0.3) is 11.1 Å². The molecule has 0 bridgehead atoms. The summed E-state index contributed by atoms with van der Waals surface area (Å²) in [7, 11) is 2.12. The quantitative estimate of drug-likeness (QED) is 0.0526. The molecular formula is C46H53N5O5. The first-order valence-electron chi connectivity index (χ1n) is 19.5. The van der Waals surface area contributed by atoms with Crippen molar-refractivity contribution >= 4 is 23.2 Å². The predicted molar refractivity (Wildman–Crippen MR) is 220 cm³/mol. The first-order valence-corrected chi connectivity index (χ1v) is 19.5. The van der Waals surface area contributed by atoms with Gasteiger partial charge in [-0.15, -0.1) is 0 Å². The van der Waals surface area contributed by atoms with E-state index in [2.05, 4.69) is 64.0 Å². The third-order valence-corrected chi connectivity index (χ3v) is 10.1. The van der Waals surface area contributed by atoms with E-state index in [1.165, 1.54) is 0 Å². The monoisotopic (exact) mass is 755 g/mol. The number of hydrogen-bond acceptors (Lipinski definition) is 8. The van der Waals surface area contributed by atoms with Gasteiger partial charge in [0.05, 0.1) is 30.2 Å². The maximum Gasteiger partial charge on any atom is 0.224 e. The molecule has 56 heavy (non-hydrogen) atoms. The molecule has 2 amide bonds. The lowest BCUT2D eigenvalue weighted by atomic mass is 9.97. The lowest BCUT2D eigenvalue weighted by Gasteiger charge is -2.38. The number of pyridine rings is 1. The SMILES string of the molecule is CN(CCc1ccccn1)CC1CC(c2ccc(CO)cc2)OC(c2ccc(-c3ccccc3CNC(=O)CCCCCC(=O)Nc3ccccc3N)cc2)O1. The van der Waals surface area contributed by atoms with Crippen LogP contribution in [0.2, 0.25) is 0 Å². The molecule has 10 nitrogen and oxygen atoms in total. The molecule has 1 fully saturated rings. The van der Waals surface area contributed by atoms with E-state index >= 15 is 0 Å².